The number of anilines is 2. The first kappa shape index (κ1) is 22.6. The highest BCUT2D eigenvalue weighted by Gasteiger charge is 2.26. The van der Waals surface area contributed by atoms with Crippen LogP contribution in [-0.2, 0) is 19.6 Å². The van der Waals surface area contributed by atoms with Gasteiger partial charge in [0, 0.05) is 24.7 Å². The number of nitrogens with one attached hydrogen (secondary N) is 2. The normalized spacial score (nSPS) is 14.9. The quantitative estimate of drug-likeness (QED) is 0.641. The summed E-state index contributed by atoms with van der Waals surface area (Å²) < 4.78 is 37.8. The summed E-state index contributed by atoms with van der Waals surface area (Å²) in [6, 6.07) is 9.76. The number of amides is 2. The van der Waals surface area contributed by atoms with E-state index in [2.05, 4.69) is 10.0 Å². The van der Waals surface area contributed by atoms with Gasteiger partial charge in [0.1, 0.15) is 11.5 Å². The fourth-order valence-corrected chi connectivity index (χ4v) is 4.44. The number of hydrogen-bond donors (Lipinski definition) is 2. The highest BCUT2D eigenvalue weighted by molar-refractivity contribution is 7.89. The maximum absolute atomic E-state index is 12.6. The van der Waals surface area contributed by atoms with Gasteiger partial charge in [-0.15, -0.1) is 0 Å². The number of hydrogen-bond acceptors (Lipinski definition) is 6. The minimum Gasteiger partial charge on any atom is -0.497 e. The second-order valence-electron chi connectivity index (χ2n) is 7.04. The third-order valence-corrected chi connectivity index (χ3v) is 6.46. The largest absolute Gasteiger partial charge is 0.497 e. The molecular formula is C21H25N3O6S. The third-order valence-electron chi connectivity index (χ3n) is 4.91. The van der Waals surface area contributed by atoms with Crippen molar-refractivity contribution in [1.29, 1.82) is 0 Å². The Morgan fingerprint density at radius 3 is 2.39 bits per heavy atom. The Kier molecular flexibility index (Phi) is 6.81. The van der Waals surface area contributed by atoms with E-state index < -0.39 is 22.0 Å². The molecule has 0 saturated carbocycles. The molecule has 1 saturated heterocycles. The number of benzene rings is 2. The predicted molar refractivity (Wildman–Crippen MR) is 116 cm³/mol. The van der Waals surface area contributed by atoms with E-state index in [9.17, 15) is 18.0 Å². The van der Waals surface area contributed by atoms with Gasteiger partial charge in [0.15, 0.2) is 0 Å². The molecule has 1 aliphatic rings. The molecule has 0 unspecified atom stereocenters. The molecule has 1 heterocycles. The van der Waals surface area contributed by atoms with Crippen LogP contribution in [0, 0.1) is 0 Å². The second kappa shape index (κ2) is 9.36. The fourth-order valence-electron chi connectivity index (χ4n) is 3.24. The van der Waals surface area contributed by atoms with Crippen molar-refractivity contribution in [1.82, 2.24) is 4.72 Å². The lowest BCUT2D eigenvalue weighted by atomic mass is 10.2. The van der Waals surface area contributed by atoms with Gasteiger partial charge in [0.25, 0.3) is 0 Å². The maximum Gasteiger partial charge on any atom is 0.242 e. The van der Waals surface area contributed by atoms with Crippen molar-refractivity contribution < 1.29 is 27.5 Å². The molecule has 0 aromatic heterocycles. The highest BCUT2D eigenvalue weighted by atomic mass is 32.2. The van der Waals surface area contributed by atoms with Crippen molar-refractivity contribution in [3.05, 3.63) is 42.5 Å². The highest BCUT2D eigenvalue weighted by Crippen LogP contribution is 2.33. The van der Waals surface area contributed by atoms with E-state index in [1.165, 1.54) is 45.4 Å². The smallest absolute Gasteiger partial charge is 0.242 e. The molecule has 1 aliphatic heterocycles. The van der Waals surface area contributed by atoms with Crippen LogP contribution in [0.4, 0.5) is 11.4 Å². The summed E-state index contributed by atoms with van der Waals surface area (Å²) in [6.07, 6.45) is 1.28. The molecule has 0 aliphatic carbocycles. The van der Waals surface area contributed by atoms with Crippen molar-refractivity contribution in [3.8, 4) is 11.5 Å². The van der Waals surface area contributed by atoms with Crippen molar-refractivity contribution in [2.75, 3.05) is 31.0 Å². The molecule has 9 nitrogen and oxygen atoms in total. The van der Waals surface area contributed by atoms with Crippen molar-refractivity contribution in [3.63, 3.8) is 0 Å². The average molecular weight is 448 g/mol. The van der Waals surface area contributed by atoms with Crippen LogP contribution < -0.4 is 24.4 Å². The number of nitrogens with zero attached hydrogens (tertiary/aromatic N) is 1. The average Bonchev–Trinajstić information content (AvgIpc) is 3.18. The Balaban J connectivity index is 1.69. The zero-order chi connectivity index (χ0) is 22.6. The van der Waals surface area contributed by atoms with E-state index in [1.54, 1.807) is 23.1 Å². The minimum absolute atomic E-state index is 0.0225. The standard InChI is InChI=1S/C21H25N3O6S/c1-14(23-31(27,28)17-9-7-16(29-2)8-10-17)21(26)22-15-6-11-18(19(13-15)30-3)24-12-4-5-20(24)25/h6-11,13-14,23H,4-5,12H2,1-3H3,(H,22,26)/t14-/m0/s1. The Morgan fingerprint density at radius 2 is 1.81 bits per heavy atom. The van der Waals surface area contributed by atoms with Gasteiger partial charge in [-0.2, -0.15) is 4.72 Å². The molecular weight excluding hydrogens is 422 g/mol. The number of carbonyl (C=O) groups is 2. The molecule has 1 fully saturated rings. The van der Waals surface area contributed by atoms with Crippen LogP contribution in [0.2, 0.25) is 0 Å². The molecule has 0 spiro atoms. The van der Waals surface area contributed by atoms with Gasteiger partial charge in [-0.3, -0.25) is 9.59 Å². The van der Waals surface area contributed by atoms with Gasteiger partial charge in [0.05, 0.1) is 30.8 Å². The molecule has 0 radical (unpaired) electrons. The summed E-state index contributed by atoms with van der Waals surface area (Å²) in [4.78, 5) is 26.2. The summed E-state index contributed by atoms with van der Waals surface area (Å²) >= 11 is 0. The lowest BCUT2D eigenvalue weighted by molar-refractivity contribution is -0.118. The molecule has 0 bridgehead atoms. The molecule has 2 amide bonds. The molecule has 166 valence electrons. The monoisotopic (exact) mass is 447 g/mol. The first-order valence-corrected chi connectivity index (χ1v) is 11.2. The van der Waals surface area contributed by atoms with Crippen LogP contribution in [0.15, 0.2) is 47.4 Å². The number of sulfonamides is 1. The number of methoxy groups -OCH3 is 2. The van der Waals surface area contributed by atoms with Gasteiger partial charge in [-0.1, -0.05) is 0 Å². The lowest BCUT2D eigenvalue weighted by Gasteiger charge is -2.20. The zero-order valence-electron chi connectivity index (χ0n) is 17.5. The fraction of sp³-hybridized carbons (Fsp3) is 0.333. The Morgan fingerprint density at radius 1 is 1.10 bits per heavy atom. The molecule has 2 aromatic carbocycles. The topological polar surface area (TPSA) is 114 Å². The van der Waals surface area contributed by atoms with Crippen LogP contribution in [0.3, 0.4) is 0 Å². The Hall–Kier alpha value is -3.11. The van der Waals surface area contributed by atoms with Crippen LogP contribution in [0.25, 0.3) is 0 Å². The summed E-state index contributed by atoms with van der Waals surface area (Å²) in [5.74, 6) is 0.457. The van der Waals surface area contributed by atoms with Gasteiger partial charge in [-0.25, -0.2) is 8.42 Å². The summed E-state index contributed by atoms with van der Waals surface area (Å²) in [5, 5.41) is 2.67. The van der Waals surface area contributed by atoms with Crippen molar-refractivity contribution in [2.45, 2.75) is 30.7 Å². The third kappa shape index (κ3) is 5.15. The van der Waals surface area contributed by atoms with Crippen molar-refractivity contribution >= 4 is 33.2 Å². The first-order valence-electron chi connectivity index (χ1n) is 9.71. The van der Waals surface area contributed by atoms with E-state index in [-0.39, 0.29) is 10.8 Å². The number of rotatable bonds is 8. The van der Waals surface area contributed by atoms with E-state index >= 15 is 0 Å². The van der Waals surface area contributed by atoms with Crippen LogP contribution in [0.5, 0.6) is 11.5 Å². The van der Waals surface area contributed by atoms with Crippen LogP contribution in [0.1, 0.15) is 19.8 Å². The molecule has 2 N–H and O–H groups in total. The molecule has 31 heavy (non-hydrogen) atoms. The van der Waals surface area contributed by atoms with E-state index in [1.807, 2.05) is 0 Å². The zero-order valence-corrected chi connectivity index (χ0v) is 18.4. The lowest BCUT2D eigenvalue weighted by Crippen LogP contribution is -2.41. The van der Waals surface area contributed by atoms with Crippen molar-refractivity contribution in [2.24, 2.45) is 0 Å². The number of ether oxygens (including phenoxy) is 2. The maximum atomic E-state index is 12.6. The SMILES string of the molecule is COc1ccc(S(=O)(=O)N[C@@H](C)C(=O)Nc2ccc(N3CCCC3=O)c(OC)c2)cc1. The van der Waals surface area contributed by atoms with E-state index in [4.69, 9.17) is 9.47 Å². The van der Waals surface area contributed by atoms with Gasteiger partial charge in [-0.05, 0) is 49.7 Å². The van der Waals surface area contributed by atoms with E-state index in [0.717, 1.165) is 6.42 Å². The minimum atomic E-state index is -3.89. The summed E-state index contributed by atoms with van der Waals surface area (Å²) in [6.45, 7) is 2.07. The number of carbonyl (C=O) groups excluding carboxylic acids is 2. The summed E-state index contributed by atoms with van der Waals surface area (Å²) in [7, 11) is -0.926. The van der Waals surface area contributed by atoms with Crippen LogP contribution >= 0.6 is 0 Å². The molecule has 10 heteroatoms. The first-order chi connectivity index (χ1) is 14.7. The van der Waals surface area contributed by atoms with Crippen LogP contribution in [-0.4, -0.2) is 47.0 Å². The Bertz CT molecular complexity index is 1070. The van der Waals surface area contributed by atoms with E-state index in [0.29, 0.717) is 35.8 Å². The summed E-state index contributed by atoms with van der Waals surface area (Å²) in [5.41, 5.74) is 1.06. The molecule has 1 atom stereocenters. The van der Waals surface area contributed by atoms with Gasteiger partial charge in [0.2, 0.25) is 21.8 Å². The predicted octanol–water partition coefficient (Wildman–Crippen LogP) is 2.14. The van der Waals surface area contributed by atoms with Gasteiger partial charge < -0.3 is 19.7 Å². The second-order valence-corrected chi connectivity index (χ2v) is 8.76. The molecule has 3 rings (SSSR count). The van der Waals surface area contributed by atoms with Gasteiger partial charge >= 0.3 is 0 Å². The Labute approximate surface area is 181 Å². The molecule has 2 aromatic rings.